The molecule has 0 saturated heterocycles. The number of alkyl halides is 6. The Balaban J connectivity index is -0.000000480. The Kier molecular flexibility index (Phi) is 14.5. The Morgan fingerprint density at radius 2 is 0.533 bits per heavy atom. The van der Waals surface area contributed by atoms with Gasteiger partial charge in [0, 0.05) is 20.4 Å². The molecule has 3 N–H and O–H groups in total. The fraction of sp³-hybridized carbons (Fsp3) is 1.00. The Bertz CT molecular complexity index is 115. The first-order valence-electron chi connectivity index (χ1n) is 3.31. The van der Waals surface area contributed by atoms with Gasteiger partial charge in [0.25, 0.3) is 0 Å². The molecule has 0 heterocycles. The second-order valence-electron chi connectivity index (χ2n) is 2.67. The van der Waals surface area contributed by atoms with Crippen molar-refractivity contribution in [2.45, 2.75) is 32.3 Å². The van der Waals surface area contributed by atoms with Gasteiger partial charge in [0.2, 0.25) is 0 Å². The van der Waals surface area contributed by atoms with Crippen LogP contribution in [-0.4, -0.2) is 32.3 Å². The van der Waals surface area contributed by atoms with Gasteiger partial charge in [-0.3, -0.25) is 0 Å². The molecule has 0 aliphatic heterocycles. The van der Waals surface area contributed by atoms with Gasteiger partial charge in [-0.25, -0.2) is 0 Å². The van der Waals surface area contributed by atoms with Crippen molar-refractivity contribution >= 4 is 82.0 Å². The van der Waals surface area contributed by atoms with E-state index >= 15 is 0 Å². The van der Waals surface area contributed by atoms with Crippen LogP contribution in [0.15, 0.2) is 0 Å². The van der Waals surface area contributed by atoms with E-state index < -0.39 is 32.3 Å². The van der Waals surface area contributed by atoms with Gasteiger partial charge < -0.3 is 6.15 Å². The maximum absolute atomic E-state index is 5.88. The van der Waals surface area contributed by atoms with Crippen LogP contribution in [0.2, 0.25) is 0 Å². The second-order valence-corrected chi connectivity index (χ2v) is 5.69. The summed E-state index contributed by atoms with van der Waals surface area (Å²) in [5.74, 6) is 0. The molecule has 1 rings (SSSR count). The first-order valence-corrected chi connectivity index (χ1v) is 5.93. The quantitative estimate of drug-likeness (QED) is 0.435. The van der Waals surface area contributed by atoms with Crippen molar-refractivity contribution in [1.29, 1.82) is 0 Å². The zero-order valence-electron chi connectivity index (χ0n) is 7.16. The van der Waals surface area contributed by atoms with Gasteiger partial charge in [-0.2, -0.15) is 0 Å². The molecule has 0 radical (unpaired) electrons. The Morgan fingerprint density at radius 1 is 0.467 bits per heavy atom. The van der Waals surface area contributed by atoms with Crippen molar-refractivity contribution in [2.24, 2.45) is 0 Å². The van der Waals surface area contributed by atoms with Crippen LogP contribution in [0, 0.1) is 0 Å². The first-order chi connectivity index (χ1) is 5.46. The van der Waals surface area contributed by atoms with Crippen molar-refractivity contribution in [2.75, 3.05) is 0 Å². The molecular formula is C6H10Cl7NPd. The summed E-state index contributed by atoms with van der Waals surface area (Å²) < 4.78 is 0. The van der Waals surface area contributed by atoms with Crippen LogP contribution in [0.1, 0.15) is 0 Å². The minimum absolute atomic E-state index is 0. The van der Waals surface area contributed by atoms with Gasteiger partial charge in [0.15, 0.2) is 0 Å². The summed E-state index contributed by atoms with van der Waals surface area (Å²) in [6.07, 6.45) is 0. The standard InChI is InChI=1S/C6H6Cl6.ClH.H3N.Pd/c7-1-2(8)4(10)6(12)5(11)3(1)9;;;/h1-6H;1H;1H3;/t1-,2-,3-,4+,5+,6+;;;. The molecule has 0 atom stereocenters. The molecule has 1 aliphatic carbocycles. The third kappa shape index (κ3) is 5.03. The summed E-state index contributed by atoms with van der Waals surface area (Å²) in [4.78, 5) is 0. The van der Waals surface area contributed by atoms with Crippen LogP contribution in [-0.2, 0) is 20.4 Å². The summed E-state index contributed by atoms with van der Waals surface area (Å²) >= 11 is 35.3. The molecule has 1 nitrogen and oxygen atoms in total. The summed E-state index contributed by atoms with van der Waals surface area (Å²) in [7, 11) is 0. The minimum Gasteiger partial charge on any atom is -0.344 e. The van der Waals surface area contributed by atoms with Gasteiger partial charge in [-0.1, -0.05) is 0 Å². The second kappa shape index (κ2) is 9.57. The average Bonchev–Trinajstić information content (AvgIpc) is 2.08. The van der Waals surface area contributed by atoms with Gasteiger partial charge in [-0.05, 0) is 0 Å². The van der Waals surface area contributed by atoms with Crippen molar-refractivity contribution < 1.29 is 20.4 Å². The summed E-state index contributed by atoms with van der Waals surface area (Å²) in [5.41, 5.74) is 0. The van der Waals surface area contributed by atoms with Crippen LogP contribution >= 0.6 is 82.0 Å². The zero-order chi connectivity index (χ0) is 9.46. The maximum Gasteiger partial charge on any atom is 0.0693 e. The van der Waals surface area contributed by atoms with Crippen molar-refractivity contribution in [3.05, 3.63) is 0 Å². The summed E-state index contributed by atoms with van der Waals surface area (Å²) in [5, 5.41) is -2.62. The van der Waals surface area contributed by atoms with Crippen LogP contribution in [0.3, 0.4) is 0 Å². The average molecular weight is 451 g/mol. The fourth-order valence-electron chi connectivity index (χ4n) is 1.05. The molecule has 1 saturated carbocycles. The van der Waals surface area contributed by atoms with E-state index in [0.29, 0.717) is 0 Å². The molecule has 0 aromatic carbocycles. The van der Waals surface area contributed by atoms with E-state index in [0.717, 1.165) is 0 Å². The predicted molar refractivity (Wildman–Crippen MR) is 70.1 cm³/mol. The van der Waals surface area contributed by atoms with Crippen molar-refractivity contribution in [3.8, 4) is 0 Å². The molecule has 9 heteroatoms. The predicted octanol–water partition coefficient (Wildman–Crippen LogP) is 4.23. The van der Waals surface area contributed by atoms with E-state index in [-0.39, 0.29) is 39.0 Å². The third-order valence-corrected chi connectivity index (χ3v) is 5.86. The van der Waals surface area contributed by atoms with Crippen molar-refractivity contribution in [3.63, 3.8) is 0 Å². The van der Waals surface area contributed by atoms with E-state index in [2.05, 4.69) is 0 Å². The van der Waals surface area contributed by atoms with Crippen LogP contribution in [0.5, 0.6) is 0 Å². The number of hydrogen-bond acceptors (Lipinski definition) is 1. The summed E-state index contributed by atoms with van der Waals surface area (Å²) in [6, 6.07) is 0. The smallest absolute Gasteiger partial charge is 0.0693 e. The third-order valence-electron chi connectivity index (χ3n) is 1.83. The van der Waals surface area contributed by atoms with E-state index in [4.69, 9.17) is 69.6 Å². The SMILES string of the molecule is Cl.Cl[C@H]1[C@H](Cl)[C@@H](Cl)[C@@H](Cl)[C@H](Cl)[C@H]1Cl.N.[Pd]. The number of hydrogen-bond donors (Lipinski definition) is 1. The molecule has 1 fully saturated rings. The molecular weight excluding hydrogens is 441 g/mol. The van der Waals surface area contributed by atoms with E-state index in [1.165, 1.54) is 0 Å². The van der Waals surface area contributed by atoms with Gasteiger partial charge in [0.05, 0.1) is 32.3 Å². The molecule has 0 amide bonds. The van der Waals surface area contributed by atoms with E-state index in [9.17, 15) is 0 Å². The Hall–Kier alpha value is 2.65. The van der Waals surface area contributed by atoms with Gasteiger partial charge in [0.1, 0.15) is 0 Å². The Morgan fingerprint density at radius 3 is 0.600 bits per heavy atom. The fourth-order valence-corrected chi connectivity index (χ4v) is 3.38. The normalized spacial score (nSPS) is 44.4. The van der Waals surface area contributed by atoms with Crippen LogP contribution in [0.25, 0.3) is 0 Å². The molecule has 0 unspecified atom stereocenters. The molecule has 15 heavy (non-hydrogen) atoms. The van der Waals surface area contributed by atoms with Crippen molar-refractivity contribution in [1.82, 2.24) is 6.15 Å². The Labute approximate surface area is 139 Å². The molecule has 98 valence electrons. The molecule has 0 aromatic rings. The minimum atomic E-state index is -0.437. The number of halogens is 7. The zero-order valence-corrected chi connectivity index (χ0v) is 14.1. The number of rotatable bonds is 0. The van der Waals surface area contributed by atoms with Gasteiger partial charge >= 0.3 is 0 Å². The topological polar surface area (TPSA) is 35.0 Å². The summed E-state index contributed by atoms with van der Waals surface area (Å²) in [6.45, 7) is 0. The largest absolute Gasteiger partial charge is 0.344 e. The van der Waals surface area contributed by atoms with Gasteiger partial charge in [-0.15, -0.1) is 82.0 Å². The molecule has 1 aliphatic rings. The first kappa shape index (κ1) is 22.8. The van der Waals surface area contributed by atoms with E-state index in [1.54, 1.807) is 0 Å². The molecule has 0 spiro atoms. The van der Waals surface area contributed by atoms with E-state index in [1.807, 2.05) is 0 Å². The maximum atomic E-state index is 5.88. The monoisotopic (exact) mass is 447 g/mol. The van der Waals surface area contributed by atoms with Crippen LogP contribution in [0.4, 0.5) is 0 Å². The molecule has 0 aromatic heterocycles. The molecule has 0 bridgehead atoms. The van der Waals surface area contributed by atoms with Crippen LogP contribution < -0.4 is 6.15 Å².